The molecule has 1 aliphatic heterocycles. The van der Waals surface area contributed by atoms with E-state index in [0.29, 0.717) is 51.3 Å². The number of hydrogen-bond acceptors (Lipinski definition) is 8. The fourth-order valence-electron chi connectivity index (χ4n) is 6.68. The monoisotopic (exact) mass is 752 g/mol. The number of imidazole rings is 1. The zero-order chi connectivity index (χ0) is 39.5. The van der Waals surface area contributed by atoms with Crippen LogP contribution in [-0.2, 0) is 13.0 Å². The van der Waals surface area contributed by atoms with E-state index in [2.05, 4.69) is 59.8 Å². The Hall–Kier alpha value is -7.32. The van der Waals surface area contributed by atoms with Gasteiger partial charge in [0, 0.05) is 35.2 Å². The van der Waals surface area contributed by atoms with Crippen LogP contribution in [-0.4, -0.2) is 60.5 Å². The molecule has 56 heavy (non-hydrogen) atoms. The van der Waals surface area contributed by atoms with E-state index in [1.54, 1.807) is 55.5 Å². The molecule has 282 valence electrons. The highest BCUT2D eigenvalue weighted by Gasteiger charge is 2.23. The maximum Gasteiger partial charge on any atom is 0.258 e. The molecular weight excluding hydrogens is 716 g/mol. The van der Waals surface area contributed by atoms with Crippen molar-refractivity contribution >= 4 is 44.7 Å². The van der Waals surface area contributed by atoms with Gasteiger partial charge < -0.3 is 41.5 Å². The van der Waals surface area contributed by atoms with Crippen molar-refractivity contribution in [2.45, 2.75) is 19.9 Å². The number of aromatic hydroxyl groups is 2. The summed E-state index contributed by atoms with van der Waals surface area (Å²) in [5.74, 6) is 0.230. The van der Waals surface area contributed by atoms with Gasteiger partial charge in [0.2, 0.25) is 0 Å². The summed E-state index contributed by atoms with van der Waals surface area (Å²) >= 11 is 0. The molecule has 9 N–H and O–H groups in total. The Labute approximate surface area is 318 Å². The van der Waals surface area contributed by atoms with Crippen molar-refractivity contribution in [1.29, 1.82) is 0 Å². The molecule has 4 heterocycles. The highest BCUT2D eigenvalue weighted by molar-refractivity contribution is 6.10. The second kappa shape index (κ2) is 15.6. The average molecular weight is 753 g/mol. The highest BCUT2D eigenvalue weighted by atomic mass is 19.1. The number of aryl methyl sites for hydroxylation is 1. The molecule has 0 spiro atoms. The van der Waals surface area contributed by atoms with Gasteiger partial charge in [0.1, 0.15) is 40.0 Å². The zero-order valence-corrected chi connectivity index (χ0v) is 30.3. The molecular formula is C42H37FN8O5. The van der Waals surface area contributed by atoms with E-state index in [1.807, 2.05) is 13.1 Å². The van der Waals surface area contributed by atoms with Crippen LogP contribution in [0.2, 0.25) is 0 Å². The van der Waals surface area contributed by atoms with Gasteiger partial charge in [-0.3, -0.25) is 14.4 Å². The van der Waals surface area contributed by atoms with Crippen LogP contribution in [0.25, 0.3) is 55.5 Å². The van der Waals surface area contributed by atoms with E-state index in [-0.39, 0.29) is 23.0 Å². The van der Waals surface area contributed by atoms with Gasteiger partial charge in [0.25, 0.3) is 17.4 Å². The van der Waals surface area contributed by atoms with E-state index in [9.17, 15) is 29.0 Å². The van der Waals surface area contributed by atoms with Crippen LogP contribution in [0.3, 0.4) is 0 Å². The number of carbonyl (C=O) groups is 2. The highest BCUT2D eigenvalue weighted by Crippen LogP contribution is 2.35. The molecule has 0 bridgehead atoms. The van der Waals surface area contributed by atoms with Crippen molar-refractivity contribution in [1.82, 2.24) is 35.6 Å². The number of halogens is 1. The van der Waals surface area contributed by atoms with Gasteiger partial charge >= 0.3 is 0 Å². The normalized spacial score (nSPS) is 12.0. The molecule has 0 unspecified atom stereocenters. The molecule has 2 amide bonds. The number of hydrogen-bond donors (Lipinski definition) is 8. The first-order valence-corrected chi connectivity index (χ1v) is 17.6. The largest absolute Gasteiger partial charge is 0.508 e. The lowest BCUT2D eigenvalue weighted by atomic mass is 9.99. The topological polar surface area (TPSA) is 215 Å². The number of nitrogens with zero attached hydrogens (tertiary/aromatic N) is 2. The number of phenolic OH excluding ortho intramolecular Hbond substituents is 2. The molecule has 14 heteroatoms. The molecule has 0 aliphatic carbocycles. The van der Waals surface area contributed by atoms with Gasteiger partial charge in [0.15, 0.2) is 0 Å². The predicted octanol–water partition coefficient (Wildman–Crippen LogP) is 5.95. The second-order valence-electron chi connectivity index (χ2n) is 13.1. The second-order valence-corrected chi connectivity index (χ2v) is 13.1. The number of aromatic nitrogens is 5. The molecule has 13 nitrogen and oxygen atoms in total. The zero-order valence-electron chi connectivity index (χ0n) is 30.3. The summed E-state index contributed by atoms with van der Waals surface area (Å²) in [5, 5.41) is 25.9. The van der Waals surface area contributed by atoms with Crippen LogP contribution in [0.4, 0.5) is 4.39 Å². The number of primary amides is 1. The number of fused-ring (bicyclic) bond motifs is 2. The van der Waals surface area contributed by atoms with Crippen LogP contribution >= 0.6 is 0 Å². The summed E-state index contributed by atoms with van der Waals surface area (Å²) in [6.07, 6.45) is 0.720. The van der Waals surface area contributed by atoms with E-state index in [4.69, 9.17) is 5.73 Å². The SMILES string of the molecule is CNCc1ccc(-c2[nH]c3cc(F)cc4c3c2CCNC4=O)cc1.Cc1nc2c(O)cccc2c(=O)[nH]1.NC(=O)c1cccc2[nH]c(-c3ccc(O)cc3)nc12. The average Bonchev–Trinajstić information content (AvgIpc) is 3.73. The van der Waals surface area contributed by atoms with Crippen LogP contribution in [0, 0.1) is 12.7 Å². The number of para-hydroxylation sites is 2. The summed E-state index contributed by atoms with van der Waals surface area (Å²) in [6.45, 7) is 3.04. The van der Waals surface area contributed by atoms with Crippen LogP contribution < -0.4 is 21.9 Å². The molecule has 1 aliphatic rings. The number of amides is 2. The number of carbonyl (C=O) groups excluding carboxylic acids is 2. The molecule has 3 aromatic heterocycles. The third kappa shape index (κ3) is 7.54. The third-order valence-corrected chi connectivity index (χ3v) is 9.25. The third-order valence-electron chi connectivity index (χ3n) is 9.25. The molecule has 0 radical (unpaired) electrons. The minimum absolute atomic E-state index is 0.0340. The summed E-state index contributed by atoms with van der Waals surface area (Å²) in [5.41, 5.74) is 13.3. The first kappa shape index (κ1) is 37.0. The van der Waals surface area contributed by atoms with Gasteiger partial charge in [-0.1, -0.05) is 36.4 Å². The Morgan fingerprint density at radius 1 is 0.857 bits per heavy atom. The van der Waals surface area contributed by atoms with Gasteiger partial charge in [0.05, 0.1) is 22.0 Å². The quantitative estimate of drug-likeness (QED) is 0.105. The van der Waals surface area contributed by atoms with Gasteiger partial charge in [-0.25, -0.2) is 14.4 Å². The smallest absolute Gasteiger partial charge is 0.258 e. The Balaban J connectivity index is 0.000000135. The Bertz CT molecular complexity index is 2810. The van der Waals surface area contributed by atoms with Crippen molar-refractivity contribution in [3.8, 4) is 34.1 Å². The maximum atomic E-state index is 13.9. The van der Waals surface area contributed by atoms with Crippen molar-refractivity contribution in [3.63, 3.8) is 0 Å². The van der Waals surface area contributed by atoms with E-state index in [0.717, 1.165) is 46.3 Å². The number of nitrogens with two attached hydrogens (primary N) is 1. The van der Waals surface area contributed by atoms with E-state index >= 15 is 0 Å². The summed E-state index contributed by atoms with van der Waals surface area (Å²) < 4.78 is 13.9. The summed E-state index contributed by atoms with van der Waals surface area (Å²) in [6, 6.07) is 27.7. The van der Waals surface area contributed by atoms with Crippen LogP contribution in [0.15, 0.2) is 102 Å². The lowest BCUT2D eigenvalue weighted by Gasteiger charge is -2.06. The number of phenols is 2. The van der Waals surface area contributed by atoms with Crippen LogP contribution in [0.5, 0.6) is 11.5 Å². The number of benzene rings is 5. The van der Waals surface area contributed by atoms with Gasteiger partial charge in [-0.05, 0) is 97.7 Å². The van der Waals surface area contributed by atoms with Crippen molar-refractivity contribution in [2.75, 3.05) is 13.6 Å². The number of nitrogens with one attached hydrogen (secondary N) is 5. The minimum Gasteiger partial charge on any atom is -0.508 e. The van der Waals surface area contributed by atoms with E-state index in [1.165, 1.54) is 23.8 Å². The van der Waals surface area contributed by atoms with Crippen LogP contribution in [0.1, 0.15) is 37.7 Å². The van der Waals surface area contributed by atoms with Crippen molar-refractivity contribution < 1.29 is 24.2 Å². The number of rotatable bonds is 5. The van der Waals surface area contributed by atoms with Gasteiger partial charge in [-0.2, -0.15) is 0 Å². The first-order valence-electron chi connectivity index (χ1n) is 17.6. The summed E-state index contributed by atoms with van der Waals surface area (Å²) in [4.78, 5) is 52.3. The molecule has 0 saturated heterocycles. The maximum absolute atomic E-state index is 13.9. The molecule has 5 aromatic carbocycles. The molecule has 0 fully saturated rings. The Morgan fingerprint density at radius 3 is 2.32 bits per heavy atom. The molecule has 8 aromatic rings. The minimum atomic E-state index is -0.505. The molecule has 0 saturated carbocycles. The standard InChI is InChI=1S/C19H18FN3O.C14H11N3O2.C9H8N2O2/c1-21-10-11-2-4-12(5-3-11)18-14-6-7-22-19(24)15-8-13(20)9-16(23-18)17(14)15;15-13(19)10-2-1-3-11-12(10)17-14(16-11)8-4-6-9(18)7-5-8;1-5-10-8-6(9(13)11-5)3-2-4-7(8)12/h2-5,8-9,21,23H,6-7,10H2,1H3,(H,22,24);1-7,18H,(H2,15,19)(H,16,17);2-4,12H,1H3,(H,10,11,13). The van der Waals surface area contributed by atoms with Gasteiger partial charge in [-0.15, -0.1) is 0 Å². The fourth-order valence-corrected chi connectivity index (χ4v) is 6.68. The summed E-state index contributed by atoms with van der Waals surface area (Å²) in [7, 11) is 1.92. The fraction of sp³-hybridized carbons (Fsp3) is 0.119. The van der Waals surface area contributed by atoms with Crippen molar-refractivity contribution in [2.24, 2.45) is 5.73 Å². The molecule has 9 rings (SSSR count). The Morgan fingerprint density at radius 2 is 1.59 bits per heavy atom. The predicted molar refractivity (Wildman–Crippen MR) is 213 cm³/mol. The lowest BCUT2D eigenvalue weighted by molar-refractivity contribution is 0.0955. The van der Waals surface area contributed by atoms with E-state index < -0.39 is 11.7 Å². The Kier molecular flexibility index (Phi) is 10.3. The van der Waals surface area contributed by atoms with Crippen molar-refractivity contribution in [3.05, 3.63) is 141 Å². The number of aromatic amines is 3. The number of H-pyrrole nitrogens is 3. The lowest BCUT2D eigenvalue weighted by Crippen LogP contribution is -2.23. The molecule has 0 atom stereocenters. The first-order chi connectivity index (χ1) is 27.0.